The molecule has 1 N–H and O–H groups in total. The van der Waals surface area contributed by atoms with Crippen LogP contribution in [0.5, 0.6) is 0 Å². The fourth-order valence-corrected chi connectivity index (χ4v) is 1.57. The molecule has 0 fully saturated rings. The van der Waals surface area contributed by atoms with Crippen molar-refractivity contribution in [2.45, 2.75) is 20.4 Å². The quantitative estimate of drug-likeness (QED) is 0.746. The van der Waals surface area contributed by atoms with Gasteiger partial charge in [0.25, 0.3) is 5.78 Å². The molecule has 2 rings (SSSR count). The highest BCUT2D eigenvalue weighted by molar-refractivity contribution is 5.66. The van der Waals surface area contributed by atoms with Crippen molar-refractivity contribution in [3.05, 3.63) is 27.9 Å². The number of carboxylic acid groups (broad SMARTS) is 1. The second-order valence-corrected chi connectivity index (χ2v) is 3.51. The SMILES string of the molecule is Cc1cc(C)n2c(=O)n(CC(=O)O)nc2n1. The first kappa shape index (κ1) is 10.3. The first-order valence-electron chi connectivity index (χ1n) is 4.64. The highest BCUT2D eigenvalue weighted by Crippen LogP contribution is 2.01. The Morgan fingerprint density at radius 1 is 1.50 bits per heavy atom. The zero-order valence-corrected chi connectivity index (χ0v) is 8.84. The lowest BCUT2D eigenvalue weighted by atomic mass is 10.3. The molecule has 84 valence electrons. The Bertz CT molecular complexity index is 625. The molecule has 0 saturated carbocycles. The van der Waals surface area contributed by atoms with E-state index in [-0.39, 0.29) is 5.78 Å². The van der Waals surface area contributed by atoms with Crippen molar-refractivity contribution >= 4 is 11.7 Å². The molecule has 16 heavy (non-hydrogen) atoms. The molecule has 0 atom stereocenters. The van der Waals surface area contributed by atoms with E-state index < -0.39 is 18.2 Å². The number of aryl methyl sites for hydroxylation is 2. The molecule has 0 aliphatic carbocycles. The van der Waals surface area contributed by atoms with Gasteiger partial charge in [-0.1, -0.05) is 0 Å². The van der Waals surface area contributed by atoms with Crippen molar-refractivity contribution in [1.29, 1.82) is 0 Å². The average Bonchev–Trinajstić information content (AvgIpc) is 2.41. The van der Waals surface area contributed by atoms with E-state index in [4.69, 9.17) is 5.11 Å². The molecule has 0 radical (unpaired) electrons. The predicted molar refractivity (Wildman–Crippen MR) is 54.4 cm³/mol. The molecule has 0 bridgehead atoms. The van der Waals surface area contributed by atoms with Crippen LogP contribution in [0.15, 0.2) is 10.9 Å². The van der Waals surface area contributed by atoms with Crippen molar-refractivity contribution in [3.8, 4) is 0 Å². The molecular weight excluding hydrogens is 212 g/mol. The van der Waals surface area contributed by atoms with Crippen molar-refractivity contribution in [1.82, 2.24) is 19.2 Å². The van der Waals surface area contributed by atoms with Crippen LogP contribution in [0.25, 0.3) is 5.78 Å². The molecule has 0 aliphatic heterocycles. The van der Waals surface area contributed by atoms with E-state index in [1.807, 2.05) is 0 Å². The predicted octanol–water partition coefficient (Wildman–Crippen LogP) is -0.408. The highest BCUT2D eigenvalue weighted by Gasteiger charge is 2.12. The Morgan fingerprint density at radius 2 is 2.19 bits per heavy atom. The summed E-state index contributed by atoms with van der Waals surface area (Å²) in [4.78, 5) is 26.3. The largest absolute Gasteiger partial charge is 0.480 e. The fourth-order valence-electron chi connectivity index (χ4n) is 1.57. The Balaban J connectivity index is 2.73. The number of carboxylic acids is 1. The van der Waals surface area contributed by atoms with Crippen LogP contribution >= 0.6 is 0 Å². The van der Waals surface area contributed by atoms with E-state index in [1.165, 1.54) is 4.40 Å². The van der Waals surface area contributed by atoms with Crippen LogP contribution in [0.3, 0.4) is 0 Å². The fraction of sp³-hybridized carbons (Fsp3) is 0.333. The van der Waals surface area contributed by atoms with Gasteiger partial charge in [0.2, 0.25) is 0 Å². The van der Waals surface area contributed by atoms with Crippen LogP contribution in [0.2, 0.25) is 0 Å². The van der Waals surface area contributed by atoms with Crippen LogP contribution in [0, 0.1) is 13.8 Å². The summed E-state index contributed by atoms with van der Waals surface area (Å²) in [7, 11) is 0. The molecule has 2 heterocycles. The normalized spacial score (nSPS) is 10.9. The van der Waals surface area contributed by atoms with Gasteiger partial charge in [-0.05, 0) is 19.9 Å². The number of hydrogen-bond acceptors (Lipinski definition) is 4. The van der Waals surface area contributed by atoms with Gasteiger partial charge in [-0.2, -0.15) is 4.68 Å². The first-order chi connectivity index (χ1) is 7.49. The van der Waals surface area contributed by atoms with Gasteiger partial charge < -0.3 is 5.11 Å². The molecule has 7 nitrogen and oxygen atoms in total. The second kappa shape index (κ2) is 3.44. The van der Waals surface area contributed by atoms with Gasteiger partial charge in [-0.25, -0.2) is 14.2 Å². The molecule has 0 unspecified atom stereocenters. The zero-order valence-electron chi connectivity index (χ0n) is 8.84. The minimum Gasteiger partial charge on any atom is -0.480 e. The Labute approximate surface area is 90.0 Å². The average molecular weight is 222 g/mol. The number of aromatic nitrogens is 4. The molecule has 0 aliphatic rings. The third-order valence-electron chi connectivity index (χ3n) is 2.15. The second-order valence-electron chi connectivity index (χ2n) is 3.51. The molecular formula is C9H10N4O3. The summed E-state index contributed by atoms with van der Waals surface area (Å²) in [6.45, 7) is 3.07. The summed E-state index contributed by atoms with van der Waals surface area (Å²) in [5.41, 5.74) is 0.934. The van der Waals surface area contributed by atoms with Crippen LogP contribution in [0.1, 0.15) is 11.4 Å². The zero-order chi connectivity index (χ0) is 11.9. The minimum atomic E-state index is -1.11. The Kier molecular flexibility index (Phi) is 2.22. The van der Waals surface area contributed by atoms with Gasteiger partial charge in [0.05, 0.1) is 0 Å². The Hall–Kier alpha value is -2.18. The molecule has 7 heteroatoms. The lowest BCUT2D eigenvalue weighted by molar-refractivity contribution is -0.137. The molecule has 2 aromatic heterocycles. The number of rotatable bonds is 2. The topological polar surface area (TPSA) is 89.5 Å². The summed E-state index contributed by atoms with van der Waals surface area (Å²) in [6.07, 6.45) is 0. The van der Waals surface area contributed by atoms with E-state index in [2.05, 4.69) is 10.1 Å². The lowest BCUT2D eigenvalue weighted by Crippen LogP contribution is -2.25. The number of nitrogens with zero attached hydrogens (tertiary/aromatic N) is 4. The van der Waals surface area contributed by atoms with Crippen LogP contribution in [0.4, 0.5) is 0 Å². The lowest BCUT2D eigenvalue weighted by Gasteiger charge is -1.97. The molecule has 2 aromatic rings. The van der Waals surface area contributed by atoms with Gasteiger partial charge >= 0.3 is 11.7 Å². The standard InChI is InChI=1S/C9H10N4O3/c1-5-3-6(2)13-8(10-5)11-12(9(13)16)4-7(14)15/h3H,4H2,1-2H3,(H,14,15). The summed E-state index contributed by atoms with van der Waals surface area (Å²) in [5, 5.41) is 12.5. The van der Waals surface area contributed by atoms with Gasteiger partial charge in [0.1, 0.15) is 6.54 Å². The summed E-state index contributed by atoms with van der Waals surface area (Å²) in [6, 6.07) is 1.74. The summed E-state index contributed by atoms with van der Waals surface area (Å²) in [5.74, 6) is -0.886. The molecule has 0 spiro atoms. The van der Waals surface area contributed by atoms with Crippen molar-refractivity contribution in [2.75, 3.05) is 0 Å². The van der Waals surface area contributed by atoms with Gasteiger partial charge in [0.15, 0.2) is 0 Å². The first-order valence-corrected chi connectivity index (χ1v) is 4.64. The maximum Gasteiger partial charge on any atom is 0.352 e. The van der Waals surface area contributed by atoms with E-state index in [0.717, 1.165) is 10.4 Å². The monoisotopic (exact) mass is 222 g/mol. The van der Waals surface area contributed by atoms with Gasteiger partial charge in [-0.15, -0.1) is 5.10 Å². The van der Waals surface area contributed by atoms with Crippen molar-refractivity contribution in [3.63, 3.8) is 0 Å². The smallest absolute Gasteiger partial charge is 0.352 e. The number of fused-ring (bicyclic) bond motifs is 1. The number of carbonyl (C=O) groups is 1. The number of aliphatic carboxylic acids is 1. The van der Waals surface area contributed by atoms with Gasteiger partial charge in [-0.3, -0.25) is 4.79 Å². The van der Waals surface area contributed by atoms with E-state index in [1.54, 1.807) is 19.9 Å². The van der Waals surface area contributed by atoms with E-state index in [9.17, 15) is 9.59 Å². The van der Waals surface area contributed by atoms with Crippen molar-refractivity contribution in [2.24, 2.45) is 0 Å². The van der Waals surface area contributed by atoms with Crippen LogP contribution in [-0.2, 0) is 11.3 Å². The maximum absolute atomic E-state index is 11.8. The third-order valence-corrected chi connectivity index (χ3v) is 2.15. The van der Waals surface area contributed by atoms with Crippen molar-refractivity contribution < 1.29 is 9.90 Å². The molecule has 0 aromatic carbocycles. The Morgan fingerprint density at radius 3 is 2.81 bits per heavy atom. The molecule has 0 amide bonds. The van der Waals surface area contributed by atoms with Gasteiger partial charge in [0, 0.05) is 11.4 Å². The van der Waals surface area contributed by atoms with Crippen LogP contribution < -0.4 is 5.69 Å². The summed E-state index contributed by atoms with van der Waals surface area (Å²) >= 11 is 0. The molecule has 0 saturated heterocycles. The van der Waals surface area contributed by atoms with Crippen LogP contribution in [-0.4, -0.2) is 30.2 Å². The maximum atomic E-state index is 11.8. The third kappa shape index (κ3) is 1.56. The van der Waals surface area contributed by atoms with E-state index in [0.29, 0.717) is 5.69 Å². The summed E-state index contributed by atoms with van der Waals surface area (Å²) < 4.78 is 2.17. The highest BCUT2D eigenvalue weighted by atomic mass is 16.4. The van der Waals surface area contributed by atoms with E-state index >= 15 is 0 Å². The minimum absolute atomic E-state index is 0.226. The number of hydrogen-bond donors (Lipinski definition) is 1.